The maximum atomic E-state index is 13.0. The summed E-state index contributed by atoms with van der Waals surface area (Å²) in [5, 5.41) is 7.15. The molecule has 0 aliphatic carbocycles. The van der Waals surface area contributed by atoms with Crippen molar-refractivity contribution < 1.29 is 12.9 Å². The Labute approximate surface area is 159 Å². The van der Waals surface area contributed by atoms with Crippen LogP contribution in [-0.4, -0.2) is 55.5 Å². The second-order valence-corrected chi connectivity index (χ2v) is 9.02. The van der Waals surface area contributed by atoms with Crippen molar-refractivity contribution in [2.75, 3.05) is 32.6 Å². The Morgan fingerprint density at radius 2 is 2.00 bits per heavy atom. The van der Waals surface area contributed by atoms with E-state index < -0.39 is 10.0 Å². The fourth-order valence-corrected chi connectivity index (χ4v) is 4.61. The minimum atomic E-state index is -3.73. The molecule has 27 heavy (non-hydrogen) atoms. The van der Waals surface area contributed by atoms with Crippen LogP contribution in [0.2, 0.25) is 0 Å². The number of sulfonamides is 1. The predicted octanol–water partition coefficient (Wildman–Crippen LogP) is 1.39. The van der Waals surface area contributed by atoms with Crippen LogP contribution in [0.25, 0.3) is 0 Å². The summed E-state index contributed by atoms with van der Waals surface area (Å²) < 4.78 is 32.2. The van der Waals surface area contributed by atoms with Gasteiger partial charge in [-0.25, -0.2) is 18.4 Å². The van der Waals surface area contributed by atoms with Crippen molar-refractivity contribution in [2.45, 2.75) is 44.2 Å². The highest BCUT2D eigenvalue weighted by Crippen LogP contribution is 2.25. The molecule has 0 saturated carbocycles. The first-order chi connectivity index (χ1) is 12.7. The molecule has 10 heteroatoms. The molecule has 2 aromatic heterocycles. The quantitative estimate of drug-likeness (QED) is 0.784. The zero-order valence-corrected chi connectivity index (χ0v) is 17.2. The molecular formula is C17H26N6O3S. The van der Waals surface area contributed by atoms with E-state index in [0.29, 0.717) is 17.2 Å². The highest BCUT2D eigenvalue weighted by molar-refractivity contribution is 7.89. The minimum Gasteiger partial charge on any atom is -0.363 e. The van der Waals surface area contributed by atoms with E-state index in [4.69, 9.17) is 4.52 Å². The summed E-state index contributed by atoms with van der Waals surface area (Å²) in [4.78, 5) is 11.3. The van der Waals surface area contributed by atoms with Gasteiger partial charge in [0.15, 0.2) is 5.76 Å². The van der Waals surface area contributed by atoms with Gasteiger partial charge in [0.2, 0.25) is 10.0 Å². The zero-order valence-electron chi connectivity index (χ0n) is 16.4. The van der Waals surface area contributed by atoms with Crippen LogP contribution < -0.4 is 10.2 Å². The molecule has 1 aliphatic heterocycles. The van der Waals surface area contributed by atoms with Gasteiger partial charge in [-0.3, -0.25) is 0 Å². The molecule has 148 valence electrons. The predicted molar refractivity (Wildman–Crippen MR) is 101 cm³/mol. The third-order valence-corrected chi connectivity index (χ3v) is 6.68. The Kier molecular flexibility index (Phi) is 5.50. The molecule has 0 bridgehead atoms. The van der Waals surface area contributed by atoms with Crippen LogP contribution in [0.1, 0.15) is 41.9 Å². The largest absolute Gasteiger partial charge is 0.363 e. The van der Waals surface area contributed by atoms with Crippen molar-refractivity contribution in [3.63, 3.8) is 0 Å². The van der Waals surface area contributed by atoms with Crippen LogP contribution in [0, 0.1) is 13.8 Å². The summed E-state index contributed by atoms with van der Waals surface area (Å²) in [6.45, 7) is 4.29. The number of anilines is 1. The average Bonchev–Trinajstić information content (AvgIpc) is 3.24. The van der Waals surface area contributed by atoms with E-state index in [1.165, 1.54) is 11.4 Å². The van der Waals surface area contributed by atoms with Crippen LogP contribution in [-0.2, 0) is 16.6 Å². The number of hydrogen-bond donors (Lipinski definition) is 1. The molecule has 1 N–H and O–H groups in total. The Morgan fingerprint density at radius 3 is 2.56 bits per heavy atom. The smallest absolute Gasteiger partial charge is 0.248 e. The van der Waals surface area contributed by atoms with Gasteiger partial charge in [0.25, 0.3) is 0 Å². The monoisotopic (exact) mass is 394 g/mol. The third-order valence-electron chi connectivity index (χ3n) is 4.63. The highest BCUT2D eigenvalue weighted by atomic mass is 32.2. The summed E-state index contributed by atoms with van der Waals surface area (Å²) >= 11 is 0. The number of hydrogen-bond acceptors (Lipinski definition) is 8. The molecule has 0 aromatic carbocycles. The SMILES string of the molecule is Cc1noc(C)c1S(=O)(=O)N(C)Cc1cc(N(C)C)nc([C@H]2CCCN2)n1. The molecule has 1 fully saturated rings. The lowest BCUT2D eigenvalue weighted by Crippen LogP contribution is -2.28. The topological polar surface area (TPSA) is 104 Å². The van der Waals surface area contributed by atoms with Gasteiger partial charge in [0.1, 0.15) is 22.2 Å². The molecule has 0 spiro atoms. The minimum absolute atomic E-state index is 0.105. The van der Waals surface area contributed by atoms with E-state index >= 15 is 0 Å². The lowest BCUT2D eigenvalue weighted by Gasteiger charge is -2.20. The van der Waals surface area contributed by atoms with E-state index in [-0.39, 0.29) is 23.2 Å². The maximum absolute atomic E-state index is 13.0. The average molecular weight is 395 g/mol. The first kappa shape index (κ1) is 19.7. The lowest BCUT2D eigenvalue weighted by atomic mass is 10.2. The van der Waals surface area contributed by atoms with Crippen LogP contribution in [0.15, 0.2) is 15.5 Å². The Balaban J connectivity index is 1.92. The fraction of sp³-hybridized carbons (Fsp3) is 0.588. The summed E-state index contributed by atoms with van der Waals surface area (Å²) in [5.74, 6) is 1.75. The molecule has 3 rings (SSSR count). The molecular weight excluding hydrogens is 368 g/mol. The first-order valence-electron chi connectivity index (χ1n) is 8.88. The van der Waals surface area contributed by atoms with E-state index in [1.807, 2.05) is 25.1 Å². The van der Waals surface area contributed by atoms with Crippen LogP contribution >= 0.6 is 0 Å². The van der Waals surface area contributed by atoms with E-state index in [2.05, 4.69) is 20.4 Å². The molecule has 0 unspecified atom stereocenters. The van der Waals surface area contributed by atoms with E-state index in [9.17, 15) is 8.42 Å². The molecule has 2 aromatic rings. The molecule has 1 aliphatic rings. The molecule has 3 heterocycles. The van der Waals surface area contributed by atoms with Gasteiger partial charge in [-0.05, 0) is 33.2 Å². The van der Waals surface area contributed by atoms with Gasteiger partial charge in [-0.15, -0.1) is 0 Å². The van der Waals surface area contributed by atoms with Gasteiger partial charge in [-0.2, -0.15) is 4.31 Å². The molecule has 0 radical (unpaired) electrons. The Bertz CT molecular complexity index is 899. The lowest BCUT2D eigenvalue weighted by molar-refractivity contribution is 0.389. The third kappa shape index (κ3) is 3.97. The highest BCUT2D eigenvalue weighted by Gasteiger charge is 2.29. The summed E-state index contributed by atoms with van der Waals surface area (Å²) in [7, 11) is 1.61. The standard InChI is InChI=1S/C17H26N6O3S/c1-11-16(12(2)26-21-11)27(24,25)23(5)10-13-9-15(22(3)4)20-17(19-13)14-7-6-8-18-14/h9,14,18H,6-8,10H2,1-5H3/t14-/m1/s1. The molecule has 1 atom stereocenters. The van der Waals surface area contributed by atoms with Crippen LogP contribution in [0.5, 0.6) is 0 Å². The van der Waals surface area contributed by atoms with Crippen molar-refractivity contribution in [3.05, 3.63) is 29.0 Å². The fourth-order valence-electron chi connectivity index (χ4n) is 3.19. The van der Waals surface area contributed by atoms with Crippen LogP contribution in [0.4, 0.5) is 5.82 Å². The zero-order chi connectivity index (χ0) is 19.8. The van der Waals surface area contributed by atoms with Gasteiger partial charge in [0, 0.05) is 27.2 Å². The van der Waals surface area contributed by atoms with Gasteiger partial charge >= 0.3 is 0 Å². The first-order valence-corrected chi connectivity index (χ1v) is 10.3. The van der Waals surface area contributed by atoms with Crippen molar-refractivity contribution in [1.82, 2.24) is 24.7 Å². The van der Waals surface area contributed by atoms with E-state index in [1.54, 1.807) is 13.8 Å². The van der Waals surface area contributed by atoms with E-state index in [0.717, 1.165) is 25.2 Å². The summed E-state index contributed by atoms with van der Waals surface area (Å²) in [5.41, 5.74) is 1.00. The number of rotatable bonds is 6. The number of aromatic nitrogens is 3. The van der Waals surface area contributed by atoms with Gasteiger partial charge < -0.3 is 14.7 Å². The Morgan fingerprint density at radius 1 is 1.26 bits per heavy atom. The Hall–Kier alpha value is -2.04. The maximum Gasteiger partial charge on any atom is 0.248 e. The van der Waals surface area contributed by atoms with Crippen molar-refractivity contribution in [2.24, 2.45) is 0 Å². The number of aryl methyl sites for hydroxylation is 2. The van der Waals surface area contributed by atoms with Crippen molar-refractivity contribution in [3.8, 4) is 0 Å². The molecule has 9 nitrogen and oxygen atoms in total. The van der Waals surface area contributed by atoms with Crippen molar-refractivity contribution in [1.29, 1.82) is 0 Å². The second kappa shape index (κ2) is 7.53. The summed E-state index contributed by atoms with van der Waals surface area (Å²) in [6.07, 6.45) is 2.05. The number of nitrogens with zero attached hydrogens (tertiary/aromatic N) is 5. The summed E-state index contributed by atoms with van der Waals surface area (Å²) in [6, 6.07) is 1.92. The molecule has 1 saturated heterocycles. The number of nitrogens with one attached hydrogen (secondary N) is 1. The normalized spacial score (nSPS) is 17.6. The second-order valence-electron chi connectivity index (χ2n) is 7.03. The van der Waals surface area contributed by atoms with Gasteiger partial charge in [-0.1, -0.05) is 5.16 Å². The molecule has 0 amide bonds. The van der Waals surface area contributed by atoms with Crippen molar-refractivity contribution >= 4 is 15.8 Å². The van der Waals surface area contributed by atoms with Gasteiger partial charge in [0.05, 0.1) is 18.3 Å². The van der Waals surface area contributed by atoms with Crippen LogP contribution in [0.3, 0.4) is 0 Å².